The summed E-state index contributed by atoms with van der Waals surface area (Å²) in [5.41, 5.74) is 1.34. The van der Waals surface area contributed by atoms with Gasteiger partial charge in [-0.3, -0.25) is 0 Å². The minimum atomic E-state index is 0.443. The van der Waals surface area contributed by atoms with Crippen LogP contribution in [0, 0.1) is 5.92 Å². The van der Waals surface area contributed by atoms with Gasteiger partial charge in [0.15, 0.2) is 0 Å². The number of nitrogens with one attached hydrogen (secondary N) is 1. The second-order valence-electron chi connectivity index (χ2n) is 5.91. The van der Waals surface area contributed by atoms with Gasteiger partial charge >= 0.3 is 0 Å². The highest BCUT2D eigenvalue weighted by Gasteiger charge is 2.14. The van der Waals surface area contributed by atoms with Crippen LogP contribution < -0.4 is 10.1 Å². The van der Waals surface area contributed by atoms with Gasteiger partial charge in [0.05, 0.1) is 6.61 Å². The topological polar surface area (TPSA) is 21.3 Å². The molecule has 0 heterocycles. The molecule has 2 rings (SSSR count). The molecule has 1 N–H and O–H groups in total. The molecule has 1 aromatic rings. The molecular formula is C18H29NO. The first-order valence-electron chi connectivity index (χ1n) is 8.29. The lowest BCUT2D eigenvalue weighted by atomic mass is 9.90. The zero-order valence-electron chi connectivity index (χ0n) is 13.0. The minimum absolute atomic E-state index is 0.443. The normalized spacial score (nSPS) is 17.9. The molecule has 0 amide bonds. The first-order valence-corrected chi connectivity index (χ1v) is 8.29. The molecule has 0 saturated heterocycles. The van der Waals surface area contributed by atoms with Gasteiger partial charge in [0.2, 0.25) is 0 Å². The second-order valence-corrected chi connectivity index (χ2v) is 5.91. The van der Waals surface area contributed by atoms with E-state index in [1.54, 1.807) is 0 Å². The molecule has 2 heteroatoms. The molecule has 1 unspecified atom stereocenters. The Morgan fingerprint density at radius 1 is 1.20 bits per heavy atom. The van der Waals surface area contributed by atoms with Crippen LogP contribution in [0.5, 0.6) is 5.75 Å². The van der Waals surface area contributed by atoms with E-state index in [2.05, 4.69) is 43.4 Å². The summed E-state index contributed by atoms with van der Waals surface area (Å²) < 4.78 is 6.03. The summed E-state index contributed by atoms with van der Waals surface area (Å²) in [5.74, 6) is 1.80. The predicted molar refractivity (Wildman–Crippen MR) is 85.2 cm³/mol. The second kappa shape index (κ2) is 8.31. The molecule has 2 nitrogen and oxygen atoms in total. The third-order valence-electron chi connectivity index (χ3n) is 4.33. The highest BCUT2D eigenvalue weighted by atomic mass is 16.5. The van der Waals surface area contributed by atoms with Crippen LogP contribution in [0.15, 0.2) is 24.3 Å². The quantitative estimate of drug-likeness (QED) is 0.778. The summed E-state index contributed by atoms with van der Waals surface area (Å²) in [5, 5.41) is 3.53. The standard InChI is InChI=1S/C18H29NO/c1-3-18(19-4-2)16-11-8-12-17(13-16)20-14-15-9-6-5-7-10-15/h8,11-13,15,18-19H,3-7,9-10,14H2,1-2H3. The summed E-state index contributed by atoms with van der Waals surface area (Å²) in [6.07, 6.45) is 7.97. The van der Waals surface area contributed by atoms with Gasteiger partial charge in [-0.05, 0) is 49.4 Å². The Morgan fingerprint density at radius 2 is 2.00 bits per heavy atom. The Balaban J connectivity index is 1.91. The Labute approximate surface area is 123 Å². The fraction of sp³-hybridized carbons (Fsp3) is 0.667. The number of ether oxygens (including phenoxy) is 1. The van der Waals surface area contributed by atoms with Crippen LogP contribution in [0.2, 0.25) is 0 Å². The van der Waals surface area contributed by atoms with Crippen molar-refractivity contribution >= 4 is 0 Å². The Bertz CT molecular complexity index is 385. The number of benzene rings is 1. The molecule has 1 atom stereocenters. The van der Waals surface area contributed by atoms with E-state index in [-0.39, 0.29) is 0 Å². The zero-order chi connectivity index (χ0) is 14.2. The van der Waals surface area contributed by atoms with E-state index in [0.717, 1.165) is 31.2 Å². The number of hydrogen-bond donors (Lipinski definition) is 1. The van der Waals surface area contributed by atoms with Crippen LogP contribution >= 0.6 is 0 Å². The average Bonchev–Trinajstić information content (AvgIpc) is 2.52. The summed E-state index contributed by atoms with van der Waals surface area (Å²) in [6, 6.07) is 9.05. The number of rotatable bonds is 7. The maximum Gasteiger partial charge on any atom is 0.119 e. The van der Waals surface area contributed by atoms with Crippen molar-refractivity contribution in [2.45, 2.75) is 58.4 Å². The molecule has 0 spiro atoms. The largest absolute Gasteiger partial charge is 0.493 e. The van der Waals surface area contributed by atoms with Crippen LogP contribution in [0.25, 0.3) is 0 Å². The fourth-order valence-electron chi connectivity index (χ4n) is 3.13. The lowest BCUT2D eigenvalue weighted by molar-refractivity contribution is 0.208. The molecule has 20 heavy (non-hydrogen) atoms. The van der Waals surface area contributed by atoms with E-state index >= 15 is 0 Å². The van der Waals surface area contributed by atoms with Gasteiger partial charge in [-0.1, -0.05) is 45.2 Å². The zero-order valence-corrected chi connectivity index (χ0v) is 13.0. The third kappa shape index (κ3) is 4.52. The maximum atomic E-state index is 6.03. The Morgan fingerprint density at radius 3 is 2.70 bits per heavy atom. The van der Waals surface area contributed by atoms with Crippen molar-refractivity contribution < 1.29 is 4.74 Å². The Hall–Kier alpha value is -1.02. The van der Waals surface area contributed by atoms with Crippen molar-refractivity contribution in [1.29, 1.82) is 0 Å². The lowest BCUT2D eigenvalue weighted by Crippen LogP contribution is -2.20. The van der Waals surface area contributed by atoms with Crippen molar-refractivity contribution in [3.05, 3.63) is 29.8 Å². The van der Waals surface area contributed by atoms with Crippen LogP contribution in [0.1, 0.15) is 64.0 Å². The van der Waals surface area contributed by atoms with Gasteiger partial charge in [0.1, 0.15) is 5.75 Å². The van der Waals surface area contributed by atoms with E-state index in [0.29, 0.717) is 6.04 Å². The summed E-state index contributed by atoms with van der Waals surface area (Å²) in [6.45, 7) is 6.28. The minimum Gasteiger partial charge on any atom is -0.493 e. The molecule has 112 valence electrons. The van der Waals surface area contributed by atoms with Crippen molar-refractivity contribution in [2.75, 3.05) is 13.2 Å². The highest BCUT2D eigenvalue weighted by Crippen LogP contribution is 2.26. The van der Waals surface area contributed by atoms with E-state index in [1.807, 2.05) is 0 Å². The third-order valence-corrected chi connectivity index (χ3v) is 4.33. The van der Waals surface area contributed by atoms with Gasteiger partial charge in [-0.2, -0.15) is 0 Å². The molecular weight excluding hydrogens is 246 g/mol. The molecule has 0 bridgehead atoms. The summed E-state index contributed by atoms with van der Waals surface area (Å²) >= 11 is 0. The maximum absolute atomic E-state index is 6.03. The van der Waals surface area contributed by atoms with Gasteiger partial charge in [-0.25, -0.2) is 0 Å². The van der Waals surface area contributed by atoms with Crippen LogP contribution in [-0.2, 0) is 0 Å². The molecule has 1 fully saturated rings. The van der Waals surface area contributed by atoms with Gasteiger partial charge in [0, 0.05) is 6.04 Å². The highest BCUT2D eigenvalue weighted by molar-refractivity contribution is 5.30. The fourth-order valence-corrected chi connectivity index (χ4v) is 3.13. The molecule has 1 aliphatic carbocycles. The summed E-state index contributed by atoms with van der Waals surface area (Å²) in [4.78, 5) is 0. The SMILES string of the molecule is CCNC(CC)c1cccc(OCC2CCCCC2)c1. The first kappa shape index (κ1) is 15.4. The molecule has 1 aromatic carbocycles. The Kier molecular flexibility index (Phi) is 6.38. The van der Waals surface area contributed by atoms with Crippen LogP contribution in [0.4, 0.5) is 0 Å². The molecule has 0 radical (unpaired) electrons. The number of hydrogen-bond acceptors (Lipinski definition) is 2. The van der Waals surface area contributed by atoms with Crippen molar-refractivity contribution in [3.63, 3.8) is 0 Å². The smallest absolute Gasteiger partial charge is 0.119 e. The van der Waals surface area contributed by atoms with E-state index in [1.165, 1.54) is 37.7 Å². The molecule has 0 aromatic heterocycles. The van der Waals surface area contributed by atoms with Gasteiger partial charge < -0.3 is 10.1 Å². The van der Waals surface area contributed by atoms with Crippen molar-refractivity contribution in [1.82, 2.24) is 5.32 Å². The van der Waals surface area contributed by atoms with Gasteiger partial charge in [-0.15, -0.1) is 0 Å². The monoisotopic (exact) mass is 275 g/mol. The van der Waals surface area contributed by atoms with E-state index < -0.39 is 0 Å². The average molecular weight is 275 g/mol. The van der Waals surface area contributed by atoms with E-state index in [4.69, 9.17) is 4.74 Å². The van der Waals surface area contributed by atoms with Crippen LogP contribution in [-0.4, -0.2) is 13.2 Å². The van der Waals surface area contributed by atoms with Crippen LogP contribution in [0.3, 0.4) is 0 Å². The van der Waals surface area contributed by atoms with Crippen molar-refractivity contribution in [2.24, 2.45) is 5.92 Å². The molecule has 1 saturated carbocycles. The molecule has 1 aliphatic rings. The molecule has 0 aliphatic heterocycles. The summed E-state index contributed by atoms with van der Waals surface area (Å²) in [7, 11) is 0. The predicted octanol–water partition coefficient (Wildman–Crippen LogP) is 4.71. The first-order chi connectivity index (χ1) is 9.83. The van der Waals surface area contributed by atoms with Gasteiger partial charge in [0.25, 0.3) is 0 Å². The van der Waals surface area contributed by atoms with Crippen molar-refractivity contribution in [3.8, 4) is 5.75 Å². The lowest BCUT2D eigenvalue weighted by Gasteiger charge is -2.22. The van der Waals surface area contributed by atoms with E-state index in [9.17, 15) is 0 Å².